The van der Waals surface area contributed by atoms with Gasteiger partial charge in [-0.25, -0.2) is 4.39 Å². The average molecular weight is 710 g/mol. The van der Waals surface area contributed by atoms with Gasteiger partial charge < -0.3 is 29.1 Å². The third-order valence-corrected chi connectivity index (χ3v) is 7.87. The summed E-state index contributed by atoms with van der Waals surface area (Å²) >= 11 is 4.55. The molecule has 0 radical (unpaired) electrons. The highest BCUT2D eigenvalue weighted by atomic mass is 79.9. The molecule has 1 aliphatic rings. The Hall–Kier alpha value is -5.08. The summed E-state index contributed by atoms with van der Waals surface area (Å²) in [5.41, 5.74) is 1.50. The number of nitrogens with one attached hydrogen (secondary N) is 1. The zero-order valence-electron chi connectivity index (χ0n) is 24.4. The van der Waals surface area contributed by atoms with Crippen molar-refractivity contribution in [1.29, 1.82) is 0 Å². The van der Waals surface area contributed by atoms with Gasteiger partial charge in [-0.3, -0.25) is 14.5 Å². The smallest absolute Gasteiger partial charge is 0.267 e. The van der Waals surface area contributed by atoms with Gasteiger partial charge in [-0.15, -0.1) is 5.10 Å². The van der Waals surface area contributed by atoms with Gasteiger partial charge in [0, 0.05) is 21.3 Å². The number of amides is 2. The highest BCUT2D eigenvalue weighted by molar-refractivity contribution is 9.10. The Bertz CT molecular complexity index is 1800. The SMILES string of the molecule is COc1cc(/C=N\N=C2\S/C(=C\c3cc(Br)ccc3OCC(=O)Nc3ccc(F)cc3)C(=O)N2Cc2ccco2)cc(OC)c1O. The number of furan rings is 1. The second kappa shape index (κ2) is 14.8. The molecule has 0 unspecified atom stereocenters. The van der Waals surface area contributed by atoms with Gasteiger partial charge in [0.1, 0.15) is 17.3 Å². The van der Waals surface area contributed by atoms with E-state index in [1.54, 1.807) is 48.5 Å². The molecule has 3 aromatic carbocycles. The number of phenolic OH excluding ortho intramolecular Hbond substituents is 1. The summed E-state index contributed by atoms with van der Waals surface area (Å²) in [7, 11) is 2.84. The lowest BCUT2D eigenvalue weighted by Gasteiger charge is -2.13. The standard InChI is InChI=1S/C32H26BrFN4O7S/c1-42-26-12-19(13-27(43-2)30(26)40)16-35-37-32-38(17-24-4-3-11-44-24)31(41)28(46-32)15-20-14-21(33)5-10-25(20)45-18-29(39)36-23-8-6-22(34)7-9-23/h3-16,40H,17-18H2,1-2H3,(H,36,39)/b28-15-,35-16-,37-32+. The van der Waals surface area contributed by atoms with Crippen LogP contribution in [0.3, 0.4) is 0 Å². The van der Waals surface area contributed by atoms with Crippen LogP contribution in [0.15, 0.2) is 97.0 Å². The number of thioether (sulfide) groups is 1. The van der Waals surface area contributed by atoms with Gasteiger partial charge in [0.25, 0.3) is 11.8 Å². The number of amidine groups is 1. The lowest BCUT2D eigenvalue weighted by Crippen LogP contribution is -2.28. The molecule has 0 spiro atoms. The number of nitrogens with zero attached hydrogens (tertiary/aromatic N) is 3. The van der Waals surface area contributed by atoms with Gasteiger partial charge in [0.15, 0.2) is 23.3 Å². The first-order valence-corrected chi connectivity index (χ1v) is 15.1. The van der Waals surface area contributed by atoms with Gasteiger partial charge in [-0.2, -0.15) is 5.10 Å². The lowest BCUT2D eigenvalue weighted by atomic mass is 10.2. The quantitative estimate of drug-likeness (QED) is 0.103. The number of carbonyl (C=O) groups is 2. The normalized spacial score (nSPS) is 14.8. The van der Waals surface area contributed by atoms with E-state index >= 15 is 0 Å². The van der Waals surface area contributed by atoms with Gasteiger partial charge in [-0.1, -0.05) is 15.9 Å². The molecule has 4 aromatic rings. The Labute approximate surface area is 275 Å². The summed E-state index contributed by atoms with van der Waals surface area (Å²) in [6, 6.07) is 17.1. The van der Waals surface area contributed by atoms with Crippen LogP contribution >= 0.6 is 27.7 Å². The predicted octanol–water partition coefficient (Wildman–Crippen LogP) is 6.43. The molecule has 1 aromatic heterocycles. The number of rotatable bonds is 11. The molecular weight excluding hydrogens is 683 g/mol. The van der Waals surface area contributed by atoms with Gasteiger partial charge in [0.2, 0.25) is 5.75 Å². The summed E-state index contributed by atoms with van der Waals surface area (Å²) < 4.78 is 35.6. The zero-order valence-corrected chi connectivity index (χ0v) is 26.8. The van der Waals surface area contributed by atoms with E-state index < -0.39 is 11.7 Å². The van der Waals surface area contributed by atoms with Gasteiger partial charge >= 0.3 is 0 Å². The van der Waals surface area contributed by atoms with Crippen LogP contribution in [0.1, 0.15) is 16.9 Å². The van der Waals surface area contributed by atoms with Crippen molar-refractivity contribution in [3.8, 4) is 23.0 Å². The summed E-state index contributed by atoms with van der Waals surface area (Å²) in [5.74, 6) is -0.0552. The van der Waals surface area contributed by atoms with Crippen molar-refractivity contribution in [1.82, 2.24) is 4.90 Å². The Morgan fingerprint density at radius 2 is 1.83 bits per heavy atom. The lowest BCUT2D eigenvalue weighted by molar-refractivity contribution is -0.122. The van der Waals surface area contributed by atoms with E-state index in [4.69, 9.17) is 18.6 Å². The second-order valence-electron chi connectivity index (χ2n) is 9.51. The fourth-order valence-corrected chi connectivity index (χ4v) is 5.50. The Balaban J connectivity index is 1.39. The average Bonchev–Trinajstić information content (AvgIpc) is 3.66. The van der Waals surface area contributed by atoms with Crippen molar-refractivity contribution < 1.29 is 37.7 Å². The fourth-order valence-electron chi connectivity index (χ4n) is 4.19. The summed E-state index contributed by atoms with van der Waals surface area (Å²) in [6.07, 6.45) is 4.59. The first-order chi connectivity index (χ1) is 22.2. The van der Waals surface area contributed by atoms with Crippen molar-refractivity contribution in [3.63, 3.8) is 0 Å². The van der Waals surface area contributed by atoms with Crippen molar-refractivity contribution >= 4 is 62.7 Å². The molecule has 0 atom stereocenters. The maximum atomic E-state index is 13.6. The topological polar surface area (TPSA) is 135 Å². The maximum absolute atomic E-state index is 13.6. The van der Waals surface area contributed by atoms with E-state index in [-0.39, 0.29) is 41.5 Å². The molecule has 1 fully saturated rings. The molecule has 0 bridgehead atoms. The van der Waals surface area contributed by atoms with Crippen LogP contribution in [0.2, 0.25) is 0 Å². The molecule has 2 N–H and O–H groups in total. The third-order valence-electron chi connectivity index (χ3n) is 6.38. The van der Waals surface area contributed by atoms with E-state index in [1.165, 1.54) is 55.9 Å². The number of phenols is 1. The number of hydrogen-bond donors (Lipinski definition) is 2. The molecule has 2 amide bonds. The molecule has 46 heavy (non-hydrogen) atoms. The van der Waals surface area contributed by atoms with Crippen LogP contribution < -0.4 is 19.5 Å². The van der Waals surface area contributed by atoms with E-state index in [0.717, 1.165) is 16.2 Å². The first kappa shape index (κ1) is 32.3. The van der Waals surface area contributed by atoms with E-state index in [9.17, 15) is 19.1 Å². The van der Waals surface area contributed by atoms with Crippen molar-refractivity contribution in [2.75, 3.05) is 26.1 Å². The monoisotopic (exact) mass is 708 g/mol. The van der Waals surface area contributed by atoms with Crippen LogP contribution in [0.5, 0.6) is 23.0 Å². The summed E-state index contributed by atoms with van der Waals surface area (Å²) in [4.78, 5) is 27.9. The van der Waals surface area contributed by atoms with Crippen molar-refractivity contribution in [2.24, 2.45) is 10.2 Å². The van der Waals surface area contributed by atoms with Crippen molar-refractivity contribution in [2.45, 2.75) is 6.54 Å². The molecule has 0 aliphatic carbocycles. The molecule has 1 aliphatic heterocycles. The number of aromatic hydroxyl groups is 1. The highest BCUT2D eigenvalue weighted by Gasteiger charge is 2.34. The largest absolute Gasteiger partial charge is 0.502 e. The number of benzene rings is 3. The molecule has 2 heterocycles. The molecular formula is C32H26BrFN4O7S. The van der Waals surface area contributed by atoms with Crippen LogP contribution in [0, 0.1) is 5.82 Å². The third kappa shape index (κ3) is 7.95. The number of carbonyl (C=O) groups excluding carboxylic acids is 2. The first-order valence-electron chi connectivity index (χ1n) is 13.5. The molecule has 5 rings (SSSR count). The summed E-state index contributed by atoms with van der Waals surface area (Å²) in [6.45, 7) is -0.216. The molecule has 236 valence electrons. The van der Waals surface area contributed by atoms with E-state index in [0.29, 0.717) is 33.2 Å². The Kier molecular flexibility index (Phi) is 10.4. The fraction of sp³-hybridized carbons (Fsp3) is 0.125. The predicted molar refractivity (Wildman–Crippen MR) is 176 cm³/mol. The van der Waals surface area contributed by atoms with Crippen LogP contribution in [-0.4, -0.2) is 54.0 Å². The molecule has 14 heteroatoms. The summed E-state index contributed by atoms with van der Waals surface area (Å²) in [5, 5.41) is 21.6. The second-order valence-corrected chi connectivity index (χ2v) is 11.4. The minimum atomic E-state index is -0.444. The minimum absolute atomic E-state index is 0.108. The maximum Gasteiger partial charge on any atom is 0.267 e. The minimum Gasteiger partial charge on any atom is -0.502 e. The zero-order chi connectivity index (χ0) is 32.6. The Morgan fingerprint density at radius 3 is 2.50 bits per heavy atom. The van der Waals surface area contributed by atoms with Crippen LogP contribution in [0.4, 0.5) is 10.1 Å². The van der Waals surface area contributed by atoms with Crippen LogP contribution in [-0.2, 0) is 16.1 Å². The molecule has 11 nitrogen and oxygen atoms in total. The number of halogens is 2. The van der Waals surface area contributed by atoms with Gasteiger partial charge in [-0.05, 0) is 84.6 Å². The molecule has 0 saturated carbocycles. The number of anilines is 1. The van der Waals surface area contributed by atoms with E-state index in [1.807, 2.05) is 0 Å². The Morgan fingerprint density at radius 1 is 1.09 bits per heavy atom. The number of hydrogen-bond acceptors (Lipinski definition) is 10. The van der Waals surface area contributed by atoms with Crippen LogP contribution in [0.25, 0.3) is 6.08 Å². The highest BCUT2D eigenvalue weighted by Crippen LogP contribution is 2.38. The number of methoxy groups -OCH3 is 2. The van der Waals surface area contributed by atoms with Gasteiger partial charge in [0.05, 0.1) is 38.1 Å². The number of ether oxygens (including phenoxy) is 3. The van der Waals surface area contributed by atoms with E-state index in [2.05, 4.69) is 31.4 Å². The van der Waals surface area contributed by atoms with Crippen molar-refractivity contribution in [3.05, 3.63) is 105 Å². The molecule has 1 saturated heterocycles.